The summed E-state index contributed by atoms with van der Waals surface area (Å²) in [5.74, 6) is 0.393. The lowest BCUT2D eigenvalue weighted by Gasteiger charge is -1.98. The van der Waals surface area contributed by atoms with Crippen LogP contribution in [0, 0.1) is 0 Å². The number of primary amides is 1. The van der Waals surface area contributed by atoms with Crippen LogP contribution in [0.15, 0.2) is 24.3 Å². The topological polar surface area (TPSA) is 43.1 Å². The van der Waals surface area contributed by atoms with Gasteiger partial charge in [0.2, 0.25) is 5.91 Å². The molecule has 1 aromatic rings. The highest BCUT2D eigenvalue weighted by Crippen LogP contribution is 2.39. The van der Waals surface area contributed by atoms with Crippen molar-refractivity contribution in [2.45, 2.75) is 32.6 Å². The van der Waals surface area contributed by atoms with Crippen molar-refractivity contribution < 1.29 is 4.79 Å². The zero-order chi connectivity index (χ0) is 10.6. The summed E-state index contributed by atoms with van der Waals surface area (Å²) in [4.78, 5) is 10.7. The SMILES string of the molecule is CC.NC(=O)c1ccc(C2CC2)cc1. The van der Waals surface area contributed by atoms with Gasteiger partial charge in [0.1, 0.15) is 0 Å². The first-order valence-corrected chi connectivity index (χ1v) is 5.17. The molecule has 1 aliphatic rings. The first-order valence-electron chi connectivity index (χ1n) is 5.17. The quantitative estimate of drug-likeness (QED) is 0.767. The number of hydrogen-bond acceptors (Lipinski definition) is 1. The van der Waals surface area contributed by atoms with E-state index in [1.807, 2.05) is 26.0 Å². The molecule has 0 heterocycles. The molecule has 0 unspecified atom stereocenters. The van der Waals surface area contributed by atoms with Gasteiger partial charge < -0.3 is 5.73 Å². The van der Waals surface area contributed by atoms with E-state index in [0.717, 1.165) is 5.92 Å². The molecule has 0 aromatic heterocycles. The van der Waals surface area contributed by atoms with Crippen molar-refractivity contribution in [2.24, 2.45) is 5.73 Å². The van der Waals surface area contributed by atoms with E-state index in [2.05, 4.69) is 0 Å². The van der Waals surface area contributed by atoms with Gasteiger partial charge in [-0.05, 0) is 36.5 Å². The molecule has 0 spiro atoms. The summed E-state index contributed by atoms with van der Waals surface area (Å²) in [5.41, 5.74) is 7.05. The van der Waals surface area contributed by atoms with E-state index in [0.29, 0.717) is 5.56 Å². The van der Waals surface area contributed by atoms with E-state index in [1.165, 1.54) is 18.4 Å². The van der Waals surface area contributed by atoms with Crippen LogP contribution in [0.5, 0.6) is 0 Å². The van der Waals surface area contributed by atoms with Gasteiger partial charge in [0.15, 0.2) is 0 Å². The summed E-state index contributed by atoms with van der Waals surface area (Å²) in [6, 6.07) is 7.60. The third kappa shape index (κ3) is 2.59. The van der Waals surface area contributed by atoms with Crippen LogP contribution in [0.3, 0.4) is 0 Å². The minimum atomic E-state index is -0.350. The molecule has 0 saturated heterocycles. The second kappa shape index (κ2) is 4.80. The fraction of sp³-hybridized carbons (Fsp3) is 0.417. The van der Waals surface area contributed by atoms with Gasteiger partial charge in [0.25, 0.3) is 0 Å². The van der Waals surface area contributed by atoms with Crippen LogP contribution in [0.25, 0.3) is 0 Å². The average Bonchev–Trinajstić information content (AvgIpc) is 3.04. The van der Waals surface area contributed by atoms with E-state index in [4.69, 9.17) is 5.73 Å². The Hall–Kier alpha value is -1.31. The number of amides is 1. The summed E-state index contributed by atoms with van der Waals surface area (Å²) in [5, 5.41) is 0. The Morgan fingerprint density at radius 3 is 2.07 bits per heavy atom. The predicted octanol–water partition coefficient (Wildman–Crippen LogP) is 2.69. The Labute approximate surface area is 85.1 Å². The van der Waals surface area contributed by atoms with Gasteiger partial charge in [-0.2, -0.15) is 0 Å². The van der Waals surface area contributed by atoms with Gasteiger partial charge in [-0.3, -0.25) is 4.79 Å². The Morgan fingerprint density at radius 1 is 1.21 bits per heavy atom. The highest BCUT2D eigenvalue weighted by Gasteiger charge is 2.22. The summed E-state index contributed by atoms with van der Waals surface area (Å²) < 4.78 is 0. The summed E-state index contributed by atoms with van der Waals surface area (Å²) in [7, 11) is 0. The fourth-order valence-electron chi connectivity index (χ4n) is 1.34. The van der Waals surface area contributed by atoms with Crippen LogP contribution in [0.2, 0.25) is 0 Å². The van der Waals surface area contributed by atoms with E-state index in [9.17, 15) is 4.79 Å². The van der Waals surface area contributed by atoms with E-state index in [1.54, 1.807) is 12.1 Å². The zero-order valence-electron chi connectivity index (χ0n) is 8.79. The van der Waals surface area contributed by atoms with Crippen LogP contribution in [0.4, 0.5) is 0 Å². The van der Waals surface area contributed by atoms with E-state index in [-0.39, 0.29) is 5.91 Å². The van der Waals surface area contributed by atoms with E-state index >= 15 is 0 Å². The zero-order valence-corrected chi connectivity index (χ0v) is 8.79. The lowest BCUT2D eigenvalue weighted by molar-refractivity contribution is 0.100. The standard InChI is InChI=1S/C10H11NO.C2H6/c11-10(12)9-5-3-8(4-6-9)7-1-2-7;1-2/h3-7H,1-2H2,(H2,11,12);1-2H3. The van der Waals surface area contributed by atoms with Gasteiger partial charge in [0.05, 0.1) is 0 Å². The first-order chi connectivity index (χ1) is 6.77. The van der Waals surface area contributed by atoms with Crippen molar-refractivity contribution in [1.82, 2.24) is 0 Å². The summed E-state index contributed by atoms with van der Waals surface area (Å²) in [6.45, 7) is 4.00. The van der Waals surface area contributed by atoms with Crippen molar-refractivity contribution in [2.75, 3.05) is 0 Å². The molecule has 0 atom stereocenters. The molecule has 14 heavy (non-hydrogen) atoms. The molecular formula is C12H17NO. The van der Waals surface area contributed by atoms with Crippen molar-refractivity contribution >= 4 is 5.91 Å². The minimum absolute atomic E-state index is 0.350. The molecule has 1 amide bonds. The smallest absolute Gasteiger partial charge is 0.248 e. The molecule has 1 aromatic carbocycles. The lowest BCUT2D eigenvalue weighted by Crippen LogP contribution is -2.10. The second-order valence-electron chi connectivity index (χ2n) is 3.26. The van der Waals surface area contributed by atoms with Crippen LogP contribution >= 0.6 is 0 Å². The molecule has 0 bridgehead atoms. The maximum Gasteiger partial charge on any atom is 0.248 e. The molecule has 1 saturated carbocycles. The van der Waals surface area contributed by atoms with Crippen molar-refractivity contribution in [3.8, 4) is 0 Å². The lowest BCUT2D eigenvalue weighted by atomic mass is 10.1. The van der Waals surface area contributed by atoms with Crippen LogP contribution in [-0.2, 0) is 0 Å². The summed E-state index contributed by atoms with van der Waals surface area (Å²) >= 11 is 0. The second-order valence-corrected chi connectivity index (χ2v) is 3.26. The highest BCUT2D eigenvalue weighted by molar-refractivity contribution is 5.92. The van der Waals surface area contributed by atoms with Gasteiger partial charge >= 0.3 is 0 Å². The Kier molecular flexibility index (Phi) is 3.69. The Bertz CT molecular complexity index is 299. The molecule has 2 heteroatoms. The molecule has 2 nitrogen and oxygen atoms in total. The molecule has 76 valence electrons. The Morgan fingerprint density at radius 2 is 1.71 bits per heavy atom. The minimum Gasteiger partial charge on any atom is -0.366 e. The van der Waals surface area contributed by atoms with E-state index < -0.39 is 0 Å². The van der Waals surface area contributed by atoms with Crippen molar-refractivity contribution in [1.29, 1.82) is 0 Å². The largest absolute Gasteiger partial charge is 0.366 e. The fourth-order valence-corrected chi connectivity index (χ4v) is 1.34. The van der Waals surface area contributed by atoms with Crippen LogP contribution in [0.1, 0.15) is 48.5 Å². The number of carbonyl (C=O) groups is 1. The molecule has 1 fully saturated rings. The molecule has 2 N–H and O–H groups in total. The number of hydrogen-bond donors (Lipinski definition) is 1. The Balaban J connectivity index is 0.000000461. The molecule has 2 rings (SSSR count). The van der Waals surface area contributed by atoms with Gasteiger partial charge in [-0.15, -0.1) is 0 Å². The number of carbonyl (C=O) groups excluding carboxylic acids is 1. The molecule has 1 aliphatic carbocycles. The van der Waals surface area contributed by atoms with Crippen LogP contribution in [-0.4, -0.2) is 5.91 Å². The third-order valence-corrected chi connectivity index (χ3v) is 2.24. The average molecular weight is 191 g/mol. The normalized spacial score (nSPS) is 14.1. The van der Waals surface area contributed by atoms with Gasteiger partial charge in [-0.1, -0.05) is 26.0 Å². The highest BCUT2D eigenvalue weighted by atomic mass is 16.1. The number of rotatable bonds is 2. The maximum atomic E-state index is 10.7. The van der Waals surface area contributed by atoms with Crippen LogP contribution < -0.4 is 5.73 Å². The van der Waals surface area contributed by atoms with Gasteiger partial charge in [-0.25, -0.2) is 0 Å². The molecule has 0 aliphatic heterocycles. The third-order valence-electron chi connectivity index (χ3n) is 2.24. The number of benzene rings is 1. The van der Waals surface area contributed by atoms with Crippen molar-refractivity contribution in [3.63, 3.8) is 0 Å². The molecule has 0 radical (unpaired) electrons. The first kappa shape index (κ1) is 10.8. The number of nitrogens with two attached hydrogens (primary N) is 1. The predicted molar refractivity (Wildman–Crippen MR) is 58.3 cm³/mol. The maximum absolute atomic E-state index is 10.7. The summed E-state index contributed by atoms with van der Waals surface area (Å²) in [6.07, 6.45) is 2.58. The van der Waals surface area contributed by atoms with Crippen molar-refractivity contribution in [3.05, 3.63) is 35.4 Å². The molecular weight excluding hydrogens is 174 g/mol. The van der Waals surface area contributed by atoms with Gasteiger partial charge in [0, 0.05) is 5.56 Å². The monoisotopic (exact) mass is 191 g/mol.